The van der Waals surface area contributed by atoms with E-state index in [0.717, 1.165) is 22.3 Å². The van der Waals surface area contributed by atoms with Crippen LogP contribution in [0.1, 0.15) is 27.3 Å². The Hall–Kier alpha value is -3.08. The lowest BCUT2D eigenvalue weighted by Crippen LogP contribution is -2.32. The lowest BCUT2D eigenvalue weighted by molar-refractivity contribution is 0.0977. The van der Waals surface area contributed by atoms with Gasteiger partial charge in [-0.3, -0.25) is 9.59 Å². The van der Waals surface area contributed by atoms with Crippen molar-refractivity contribution in [2.75, 3.05) is 18.6 Å². The van der Waals surface area contributed by atoms with Crippen LogP contribution < -0.4 is 9.64 Å². The van der Waals surface area contributed by atoms with Gasteiger partial charge in [-0.15, -0.1) is 0 Å². The summed E-state index contributed by atoms with van der Waals surface area (Å²) in [7, 11) is 3.44. The Morgan fingerprint density at radius 1 is 1.00 bits per heavy atom. The number of aromatic nitrogens is 1. The summed E-state index contributed by atoms with van der Waals surface area (Å²) in [6, 6.07) is 15.0. The van der Waals surface area contributed by atoms with Crippen LogP contribution in [0.4, 0.5) is 5.69 Å². The predicted octanol–water partition coefficient (Wildman–Crippen LogP) is 3.42. The first-order valence-electron chi connectivity index (χ1n) is 8.18. The molecule has 0 radical (unpaired) electrons. The van der Waals surface area contributed by atoms with E-state index in [1.54, 1.807) is 12.0 Å². The maximum atomic E-state index is 13.2. The van der Waals surface area contributed by atoms with Crippen molar-refractivity contribution in [3.8, 4) is 5.75 Å². The molecule has 2 heterocycles. The molecule has 2 aromatic carbocycles. The SMILES string of the molecule is COc1ccc(N2CCC(=O)c3c(n(C)c4ccccc34)C2=O)cc1. The molecule has 0 atom stereocenters. The van der Waals surface area contributed by atoms with Gasteiger partial charge in [0.1, 0.15) is 11.4 Å². The third-order valence-corrected chi connectivity index (χ3v) is 4.78. The van der Waals surface area contributed by atoms with E-state index in [-0.39, 0.29) is 11.7 Å². The molecule has 0 spiro atoms. The van der Waals surface area contributed by atoms with Crippen molar-refractivity contribution in [3.05, 3.63) is 59.8 Å². The molecule has 5 heteroatoms. The number of hydrogen-bond donors (Lipinski definition) is 0. The van der Waals surface area contributed by atoms with Gasteiger partial charge in [0.15, 0.2) is 5.78 Å². The van der Waals surface area contributed by atoms with Crippen molar-refractivity contribution in [2.24, 2.45) is 7.05 Å². The molecule has 1 aliphatic rings. The molecular weight excluding hydrogens is 316 g/mol. The van der Waals surface area contributed by atoms with Crippen LogP contribution >= 0.6 is 0 Å². The highest BCUT2D eigenvalue weighted by Gasteiger charge is 2.32. The van der Waals surface area contributed by atoms with Gasteiger partial charge in [0, 0.05) is 36.6 Å². The second kappa shape index (κ2) is 5.77. The summed E-state index contributed by atoms with van der Waals surface area (Å²) < 4.78 is 7.00. The lowest BCUT2D eigenvalue weighted by Gasteiger charge is -2.21. The van der Waals surface area contributed by atoms with Gasteiger partial charge in [0.2, 0.25) is 0 Å². The molecule has 25 heavy (non-hydrogen) atoms. The summed E-state index contributed by atoms with van der Waals surface area (Å²) >= 11 is 0. The fourth-order valence-corrected chi connectivity index (χ4v) is 3.50. The summed E-state index contributed by atoms with van der Waals surface area (Å²) in [5, 5.41) is 0.843. The van der Waals surface area contributed by atoms with Gasteiger partial charge in [0.25, 0.3) is 5.91 Å². The summed E-state index contributed by atoms with van der Waals surface area (Å²) in [4.78, 5) is 27.7. The molecule has 3 aromatic rings. The molecule has 1 aliphatic heterocycles. The molecule has 0 saturated heterocycles. The third-order valence-electron chi connectivity index (χ3n) is 4.78. The summed E-state index contributed by atoms with van der Waals surface area (Å²) in [5.41, 5.74) is 2.65. The van der Waals surface area contributed by atoms with E-state index in [1.165, 1.54) is 0 Å². The van der Waals surface area contributed by atoms with Crippen molar-refractivity contribution < 1.29 is 14.3 Å². The molecule has 0 unspecified atom stereocenters. The number of amides is 1. The quantitative estimate of drug-likeness (QED) is 0.721. The average molecular weight is 334 g/mol. The zero-order chi connectivity index (χ0) is 17.6. The number of methoxy groups -OCH3 is 1. The van der Waals surface area contributed by atoms with Gasteiger partial charge in [0.05, 0.1) is 12.7 Å². The van der Waals surface area contributed by atoms with E-state index >= 15 is 0 Å². The number of ketones is 1. The first-order valence-corrected chi connectivity index (χ1v) is 8.18. The van der Waals surface area contributed by atoms with Crippen LogP contribution in [0.15, 0.2) is 48.5 Å². The van der Waals surface area contributed by atoms with Crippen LogP contribution in [0.2, 0.25) is 0 Å². The molecule has 0 N–H and O–H groups in total. The van der Waals surface area contributed by atoms with Gasteiger partial charge in [-0.05, 0) is 30.3 Å². The zero-order valence-electron chi connectivity index (χ0n) is 14.2. The minimum Gasteiger partial charge on any atom is -0.497 e. The Morgan fingerprint density at radius 2 is 1.72 bits per heavy atom. The number of hydrogen-bond acceptors (Lipinski definition) is 3. The number of aryl methyl sites for hydroxylation is 1. The fourth-order valence-electron chi connectivity index (χ4n) is 3.50. The van der Waals surface area contributed by atoms with E-state index in [4.69, 9.17) is 4.74 Å². The second-order valence-corrected chi connectivity index (χ2v) is 6.13. The molecule has 0 aliphatic carbocycles. The number of fused-ring (bicyclic) bond motifs is 3. The summed E-state index contributed by atoms with van der Waals surface area (Å²) in [5.74, 6) is 0.591. The Kier molecular flexibility index (Phi) is 3.57. The molecule has 1 amide bonds. The first kappa shape index (κ1) is 15.4. The van der Waals surface area contributed by atoms with E-state index in [9.17, 15) is 9.59 Å². The maximum absolute atomic E-state index is 13.2. The molecule has 126 valence electrons. The number of ether oxygens (including phenoxy) is 1. The zero-order valence-corrected chi connectivity index (χ0v) is 14.2. The number of rotatable bonds is 2. The van der Waals surface area contributed by atoms with E-state index < -0.39 is 0 Å². The van der Waals surface area contributed by atoms with Crippen molar-refractivity contribution in [1.82, 2.24) is 4.57 Å². The largest absolute Gasteiger partial charge is 0.497 e. The van der Waals surface area contributed by atoms with Gasteiger partial charge in [-0.2, -0.15) is 0 Å². The number of Topliss-reactive ketones (excluding diaryl/α,β-unsaturated/α-hetero) is 1. The molecule has 4 rings (SSSR count). The van der Waals surface area contributed by atoms with Crippen LogP contribution in [-0.4, -0.2) is 29.9 Å². The maximum Gasteiger partial charge on any atom is 0.275 e. The van der Waals surface area contributed by atoms with E-state index in [0.29, 0.717) is 24.2 Å². The van der Waals surface area contributed by atoms with Crippen molar-refractivity contribution >= 4 is 28.3 Å². The molecule has 5 nitrogen and oxygen atoms in total. The van der Waals surface area contributed by atoms with Crippen LogP contribution in [0, 0.1) is 0 Å². The lowest BCUT2D eigenvalue weighted by atomic mass is 10.1. The standard InChI is InChI=1S/C20H18N2O3/c1-21-16-6-4-3-5-15(16)18-17(23)11-12-22(20(24)19(18)21)13-7-9-14(25-2)10-8-13/h3-10H,11-12H2,1-2H3. The molecule has 1 aromatic heterocycles. The second-order valence-electron chi connectivity index (χ2n) is 6.13. The highest BCUT2D eigenvalue weighted by molar-refractivity contribution is 6.21. The van der Waals surface area contributed by atoms with Gasteiger partial charge in [-0.1, -0.05) is 18.2 Å². The monoisotopic (exact) mass is 334 g/mol. The summed E-state index contributed by atoms with van der Waals surface area (Å²) in [6.45, 7) is 0.368. The average Bonchev–Trinajstić information content (AvgIpc) is 2.87. The number of para-hydroxylation sites is 1. The number of carbonyl (C=O) groups excluding carboxylic acids is 2. The molecule has 0 saturated carbocycles. The van der Waals surface area contributed by atoms with Crippen molar-refractivity contribution in [2.45, 2.75) is 6.42 Å². The van der Waals surface area contributed by atoms with Crippen LogP contribution in [0.5, 0.6) is 5.75 Å². The summed E-state index contributed by atoms with van der Waals surface area (Å²) in [6.07, 6.45) is 0.304. The minimum atomic E-state index is -0.148. The number of carbonyl (C=O) groups is 2. The number of benzene rings is 2. The Morgan fingerprint density at radius 3 is 2.44 bits per heavy atom. The third kappa shape index (κ3) is 2.31. The highest BCUT2D eigenvalue weighted by Crippen LogP contribution is 2.32. The van der Waals surface area contributed by atoms with Crippen molar-refractivity contribution in [1.29, 1.82) is 0 Å². The fraction of sp³-hybridized carbons (Fsp3) is 0.200. The van der Waals surface area contributed by atoms with Gasteiger partial charge < -0.3 is 14.2 Å². The molecule has 0 bridgehead atoms. The Balaban J connectivity index is 1.88. The topological polar surface area (TPSA) is 51.5 Å². The number of nitrogens with zero attached hydrogens (tertiary/aromatic N) is 2. The van der Waals surface area contributed by atoms with Gasteiger partial charge in [-0.25, -0.2) is 0 Å². The highest BCUT2D eigenvalue weighted by atomic mass is 16.5. The minimum absolute atomic E-state index is 0.0103. The normalized spacial score (nSPS) is 14.6. The smallest absolute Gasteiger partial charge is 0.275 e. The number of anilines is 1. The molecular formula is C20H18N2O3. The Labute approximate surface area is 145 Å². The van der Waals surface area contributed by atoms with Crippen LogP contribution in [0.25, 0.3) is 10.9 Å². The van der Waals surface area contributed by atoms with Crippen molar-refractivity contribution in [3.63, 3.8) is 0 Å². The van der Waals surface area contributed by atoms with Gasteiger partial charge >= 0.3 is 0 Å². The van der Waals surface area contributed by atoms with Crippen LogP contribution in [0.3, 0.4) is 0 Å². The van der Waals surface area contributed by atoms with E-state index in [2.05, 4.69) is 0 Å². The predicted molar refractivity (Wildman–Crippen MR) is 96.5 cm³/mol. The first-order chi connectivity index (χ1) is 12.1. The van der Waals surface area contributed by atoms with Crippen LogP contribution in [-0.2, 0) is 7.05 Å². The van der Waals surface area contributed by atoms with E-state index in [1.807, 2.05) is 60.1 Å². The Bertz CT molecular complexity index is 986. The molecule has 0 fully saturated rings.